The molecular weight excluding hydrogens is 398 g/mol. The molecule has 0 bridgehead atoms. The van der Waals surface area contributed by atoms with Crippen LogP contribution in [0.1, 0.15) is 48.4 Å². The molecule has 2 unspecified atom stereocenters. The fourth-order valence-electron chi connectivity index (χ4n) is 4.80. The van der Waals surface area contributed by atoms with Gasteiger partial charge >= 0.3 is 0 Å². The first-order valence-electron chi connectivity index (χ1n) is 11.1. The van der Waals surface area contributed by atoms with Crippen molar-refractivity contribution in [2.45, 2.75) is 50.6 Å². The van der Waals surface area contributed by atoms with E-state index in [0.717, 1.165) is 36.5 Å². The summed E-state index contributed by atoms with van der Waals surface area (Å²) in [5.41, 5.74) is 8.83. The largest absolute Gasteiger partial charge is 0.335 e. The lowest BCUT2D eigenvalue weighted by molar-refractivity contribution is -0.132. The van der Waals surface area contributed by atoms with Gasteiger partial charge in [0.25, 0.3) is 0 Å². The Balaban J connectivity index is 1.43. The number of likely N-dealkylation sites (tertiary alicyclic amines) is 1. The Bertz CT molecular complexity index is 902. The first-order chi connectivity index (χ1) is 15.0. The van der Waals surface area contributed by atoms with Crippen molar-refractivity contribution >= 4 is 5.91 Å². The SMILES string of the molecule is NC(CC(=O)N(CCN1CCCC1)Cc1ccccn1)C1CCc2cc(F)c(F)cc21. The second-order valence-electron chi connectivity index (χ2n) is 8.66. The number of benzene rings is 1. The summed E-state index contributed by atoms with van der Waals surface area (Å²) in [5, 5.41) is 0. The quantitative estimate of drug-likeness (QED) is 0.701. The van der Waals surface area contributed by atoms with Crippen LogP contribution in [-0.2, 0) is 17.8 Å². The zero-order valence-electron chi connectivity index (χ0n) is 17.8. The molecule has 166 valence electrons. The molecule has 2 N–H and O–H groups in total. The third kappa shape index (κ3) is 5.28. The van der Waals surface area contributed by atoms with Crippen LogP contribution in [0, 0.1) is 11.6 Å². The van der Waals surface area contributed by atoms with Gasteiger partial charge in [0, 0.05) is 37.7 Å². The molecule has 31 heavy (non-hydrogen) atoms. The molecule has 5 nitrogen and oxygen atoms in total. The molecule has 0 saturated carbocycles. The van der Waals surface area contributed by atoms with Gasteiger partial charge in [0.05, 0.1) is 12.2 Å². The molecule has 0 radical (unpaired) electrons. The maximum absolute atomic E-state index is 13.8. The number of hydrogen-bond donors (Lipinski definition) is 1. The molecule has 1 saturated heterocycles. The number of nitrogens with zero attached hydrogens (tertiary/aromatic N) is 3. The number of amides is 1. The van der Waals surface area contributed by atoms with Crippen LogP contribution in [0.4, 0.5) is 8.78 Å². The van der Waals surface area contributed by atoms with Gasteiger partial charge in [-0.05, 0) is 74.2 Å². The normalized spacial score (nSPS) is 19.4. The molecule has 2 aliphatic rings. The summed E-state index contributed by atoms with van der Waals surface area (Å²) in [7, 11) is 0. The zero-order chi connectivity index (χ0) is 21.8. The number of pyridine rings is 1. The van der Waals surface area contributed by atoms with Crippen molar-refractivity contribution in [3.8, 4) is 0 Å². The number of rotatable bonds is 8. The first kappa shape index (κ1) is 21.8. The summed E-state index contributed by atoms with van der Waals surface area (Å²) in [6, 6.07) is 7.78. The Hall–Kier alpha value is -2.38. The van der Waals surface area contributed by atoms with Gasteiger partial charge in [-0.1, -0.05) is 6.07 Å². The van der Waals surface area contributed by atoms with Crippen molar-refractivity contribution in [2.75, 3.05) is 26.2 Å². The molecule has 1 amide bonds. The molecule has 0 spiro atoms. The molecule has 1 fully saturated rings. The van der Waals surface area contributed by atoms with Gasteiger partial charge in [-0.2, -0.15) is 0 Å². The lowest BCUT2D eigenvalue weighted by Crippen LogP contribution is -2.41. The van der Waals surface area contributed by atoms with Gasteiger partial charge < -0.3 is 15.5 Å². The van der Waals surface area contributed by atoms with E-state index < -0.39 is 17.7 Å². The zero-order valence-corrected chi connectivity index (χ0v) is 17.8. The van der Waals surface area contributed by atoms with Gasteiger partial charge in [-0.3, -0.25) is 9.78 Å². The van der Waals surface area contributed by atoms with E-state index in [1.807, 2.05) is 23.1 Å². The Morgan fingerprint density at radius 2 is 2.00 bits per heavy atom. The van der Waals surface area contributed by atoms with E-state index in [9.17, 15) is 13.6 Å². The predicted molar refractivity (Wildman–Crippen MR) is 115 cm³/mol. The average molecular weight is 429 g/mol. The Kier molecular flexibility index (Phi) is 6.92. The van der Waals surface area contributed by atoms with E-state index in [2.05, 4.69) is 9.88 Å². The molecule has 1 aliphatic heterocycles. The van der Waals surface area contributed by atoms with E-state index in [1.54, 1.807) is 6.20 Å². The van der Waals surface area contributed by atoms with Crippen LogP contribution < -0.4 is 5.73 Å². The monoisotopic (exact) mass is 428 g/mol. The number of carbonyl (C=O) groups is 1. The minimum atomic E-state index is -0.855. The standard InChI is InChI=1S/C24H30F2N4O/c25-21-13-17-6-7-19(20(17)14-22(21)26)23(27)15-24(31)30(12-11-29-9-3-4-10-29)16-18-5-1-2-8-28-18/h1-2,5,8,13-14,19,23H,3-4,6-7,9-12,15-16,27H2. The van der Waals surface area contributed by atoms with Crippen molar-refractivity contribution in [3.63, 3.8) is 0 Å². The maximum atomic E-state index is 13.8. The van der Waals surface area contributed by atoms with Crippen molar-refractivity contribution in [1.82, 2.24) is 14.8 Å². The smallest absolute Gasteiger partial charge is 0.224 e. The van der Waals surface area contributed by atoms with Crippen LogP contribution in [0.25, 0.3) is 0 Å². The molecule has 1 aromatic heterocycles. The number of carbonyl (C=O) groups excluding carboxylic acids is 1. The van der Waals surface area contributed by atoms with E-state index in [0.29, 0.717) is 25.9 Å². The summed E-state index contributed by atoms with van der Waals surface area (Å²) in [6.07, 6.45) is 5.68. The first-order valence-corrected chi connectivity index (χ1v) is 11.1. The number of halogens is 2. The van der Waals surface area contributed by atoms with Crippen molar-refractivity contribution in [3.05, 3.63) is 65.0 Å². The van der Waals surface area contributed by atoms with Crippen molar-refractivity contribution in [1.29, 1.82) is 0 Å². The summed E-state index contributed by atoms with van der Waals surface area (Å²) in [6.45, 7) is 4.06. The number of fused-ring (bicyclic) bond motifs is 1. The number of nitrogens with two attached hydrogens (primary N) is 1. The van der Waals surface area contributed by atoms with Crippen LogP contribution in [0.15, 0.2) is 36.5 Å². The van der Waals surface area contributed by atoms with Gasteiger partial charge in [0.15, 0.2) is 11.6 Å². The highest BCUT2D eigenvalue weighted by Gasteiger charge is 2.31. The van der Waals surface area contributed by atoms with Crippen LogP contribution in [0.3, 0.4) is 0 Å². The molecule has 2 heterocycles. The topological polar surface area (TPSA) is 62.5 Å². The molecular formula is C24H30F2N4O. The van der Waals surface area contributed by atoms with Crippen molar-refractivity contribution < 1.29 is 13.6 Å². The number of aryl methyl sites for hydroxylation is 1. The number of hydrogen-bond acceptors (Lipinski definition) is 4. The lowest BCUT2D eigenvalue weighted by atomic mass is 9.91. The second-order valence-corrected chi connectivity index (χ2v) is 8.66. The minimum absolute atomic E-state index is 0.0200. The van der Waals surface area contributed by atoms with Gasteiger partial charge in [0.2, 0.25) is 5.91 Å². The summed E-state index contributed by atoms with van der Waals surface area (Å²) < 4.78 is 27.4. The fraction of sp³-hybridized carbons (Fsp3) is 0.500. The van der Waals surface area contributed by atoms with E-state index >= 15 is 0 Å². The Morgan fingerprint density at radius 3 is 2.74 bits per heavy atom. The van der Waals surface area contributed by atoms with Crippen LogP contribution in [0.5, 0.6) is 0 Å². The van der Waals surface area contributed by atoms with Gasteiger partial charge in [-0.25, -0.2) is 8.78 Å². The fourth-order valence-corrected chi connectivity index (χ4v) is 4.80. The highest BCUT2D eigenvalue weighted by molar-refractivity contribution is 5.77. The predicted octanol–water partition coefficient (Wildman–Crippen LogP) is 3.23. The molecule has 1 aromatic carbocycles. The van der Waals surface area contributed by atoms with E-state index in [4.69, 9.17) is 5.73 Å². The van der Waals surface area contributed by atoms with E-state index in [1.165, 1.54) is 25.0 Å². The summed E-state index contributed by atoms with van der Waals surface area (Å²) >= 11 is 0. The molecule has 7 heteroatoms. The van der Waals surface area contributed by atoms with Gasteiger partial charge in [0.1, 0.15) is 0 Å². The van der Waals surface area contributed by atoms with Crippen LogP contribution in [0.2, 0.25) is 0 Å². The van der Waals surface area contributed by atoms with Crippen LogP contribution >= 0.6 is 0 Å². The molecule has 2 atom stereocenters. The third-order valence-corrected chi connectivity index (χ3v) is 6.55. The third-order valence-electron chi connectivity index (χ3n) is 6.55. The average Bonchev–Trinajstić information content (AvgIpc) is 3.42. The molecule has 4 rings (SSSR count). The summed E-state index contributed by atoms with van der Waals surface area (Å²) in [5.74, 6) is -1.84. The maximum Gasteiger partial charge on any atom is 0.224 e. The molecule has 2 aromatic rings. The number of aromatic nitrogens is 1. The van der Waals surface area contributed by atoms with Gasteiger partial charge in [-0.15, -0.1) is 0 Å². The Morgan fingerprint density at radius 1 is 1.23 bits per heavy atom. The highest BCUT2D eigenvalue weighted by Crippen LogP contribution is 2.37. The summed E-state index contributed by atoms with van der Waals surface area (Å²) in [4.78, 5) is 21.8. The minimum Gasteiger partial charge on any atom is -0.335 e. The van der Waals surface area contributed by atoms with Crippen LogP contribution in [-0.4, -0.2) is 52.9 Å². The second kappa shape index (κ2) is 9.83. The van der Waals surface area contributed by atoms with E-state index in [-0.39, 0.29) is 18.2 Å². The highest BCUT2D eigenvalue weighted by atomic mass is 19.2. The lowest BCUT2D eigenvalue weighted by Gasteiger charge is -2.28. The Labute approximate surface area is 182 Å². The molecule has 1 aliphatic carbocycles. The van der Waals surface area contributed by atoms with Crippen molar-refractivity contribution in [2.24, 2.45) is 5.73 Å².